The number of carbonyl (C=O) groups excluding carboxylic acids is 1. The molecule has 32 heavy (non-hydrogen) atoms. The van der Waals surface area contributed by atoms with E-state index in [-0.39, 0.29) is 23.8 Å². The van der Waals surface area contributed by atoms with Crippen molar-refractivity contribution < 1.29 is 13.9 Å². The van der Waals surface area contributed by atoms with E-state index in [9.17, 15) is 14.0 Å². The molecule has 0 radical (unpaired) electrons. The molecule has 0 spiro atoms. The van der Waals surface area contributed by atoms with Crippen LogP contribution in [0.15, 0.2) is 71.5 Å². The molecule has 0 aliphatic carbocycles. The fraction of sp³-hybridized carbons (Fsp3) is 0.200. The molecule has 1 saturated heterocycles. The Hall–Kier alpha value is -3.87. The Morgan fingerprint density at radius 3 is 2.41 bits per heavy atom. The minimum absolute atomic E-state index is 0.0666. The molecule has 3 aromatic carbocycles. The molecule has 6 nitrogen and oxygen atoms in total. The third-order valence-electron chi connectivity index (χ3n) is 5.86. The van der Waals surface area contributed by atoms with E-state index in [0.29, 0.717) is 42.7 Å². The van der Waals surface area contributed by atoms with Crippen LogP contribution in [0.2, 0.25) is 0 Å². The first kappa shape index (κ1) is 20.1. The second-order valence-electron chi connectivity index (χ2n) is 7.84. The first-order valence-electron chi connectivity index (χ1n) is 10.5. The molecule has 1 amide bonds. The molecule has 1 aliphatic heterocycles. The number of ether oxygens (including phenoxy) is 1. The molecule has 162 valence electrons. The van der Waals surface area contributed by atoms with Gasteiger partial charge in [0.05, 0.1) is 5.52 Å². The number of halogens is 1. The van der Waals surface area contributed by atoms with Crippen LogP contribution in [0.3, 0.4) is 0 Å². The smallest absolute Gasteiger partial charge is 0.260 e. The Balaban J connectivity index is 1.23. The van der Waals surface area contributed by atoms with Crippen molar-refractivity contribution in [3.8, 4) is 5.75 Å². The van der Waals surface area contributed by atoms with Crippen molar-refractivity contribution in [1.29, 1.82) is 0 Å². The van der Waals surface area contributed by atoms with Crippen LogP contribution in [0, 0.1) is 5.82 Å². The topological polar surface area (TPSA) is 65.6 Å². The molecule has 4 aromatic rings. The summed E-state index contributed by atoms with van der Waals surface area (Å²) in [7, 11) is 0. The SMILES string of the molecule is O=C(COc1ccc2[nH]c3ccccc3c(=O)c2c1)N1CCN(c2ccc(F)cc2)CC1. The average Bonchev–Trinajstić information content (AvgIpc) is 2.83. The van der Waals surface area contributed by atoms with Gasteiger partial charge in [0.15, 0.2) is 12.0 Å². The van der Waals surface area contributed by atoms with E-state index in [1.165, 1.54) is 12.1 Å². The van der Waals surface area contributed by atoms with Crippen molar-refractivity contribution in [3.05, 3.63) is 82.8 Å². The van der Waals surface area contributed by atoms with E-state index in [4.69, 9.17) is 4.74 Å². The predicted molar refractivity (Wildman–Crippen MR) is 123 cm³/mol. The highest BCUT2D eigenvalue weighted by Gasteiger charge is 2.21. The summed E-state index contributed by atoms with van der Waals surface area (Å²) in [6.45, 7) is 2.41. The van der Waals surface area contributed by atoms with Crippen LogP contribution in [0.1, 0.15) is 0 Å². The number of nitrogens with one attached hydrogen (secondary N) is 1. The first-order valence-corrected chi connectivity index (χ1v) is 10.5. The van der Waals surface area contributed by atoms with E-state index < -0.39 is 0 Å². The number of hydrogen-bond acceptors (Lipinski definition) is 4. The highest BCUT2D eigenvalue weighted by Crippen LogP contribution is 2.21. The zero-order valence-corrected chi connectivity index (χ0v) is 17.4. The largest absolute Gasteiger partial charge is 0.484 e. The summed E-state index contributed by atoms with van der Waals surface area (Å²) in [5.74, 6) is 0.122. The number of aromatic amines is 1. The molecule has 5 rings (SSSR count). The number of rotatable bonds is 4. The van der Waals surface area contributed by atoms with Gasteiger partial charge in [0, 0.05) is 48.2 Å². The Kier molecular flexibility index (Phi) is 5.23. The van der Waals surface area contributed by atoms with Gasteiger partial charge in [0.1, 0.15) is 11.6 Å². The molecule has 7 heteroatoms. The second-order valence-corrected chi connectivity index (χ2v) is 7.84. The van der Waals surface area contributed by atoms with Gasteiger partial charge in [-0.2, -0.15) is 0 Å². The standard InChI is InChI=1S/C25H22FN3O3/c26-17-5-7-18(8-6-17)28-11-13-29(14-12-28)24(30)16-32-19-9-10-23-21(15-19)25(31)20-3-1-2-4-22(20)27-23/h1-10,15H,11-14,16H2,(H,27,31). The maximum absolute atomic E-state index is 13.1. The monoisotopic (exact) mass is 431 g/mol. The molecule has 0 bridgehead atoms. The summed E-state index contributed by atoms with van der Waals surface area (Å²) < 4.78 is 18.8. The maximum Gasteiger partial charge on any atom is 0.260 e. The van der Waals surface area contributed by atoms with Gasteiger partial charge in [-0.15, -0.1) is 0 Å². The summed E-state index contributed by atoms with van der Waals surface area (Å²) in [6.07, 6.45) is 0. The lowest BCUT2D eigenvalue weighted by Gasteiger charge is -2.36. The predicted octanol–water partition coefficient (Wildman–Crippen LogP) is 3.55. The van der Waals surface area contributed by atoms with Crippen molar-refractivity contribution >= 4 is 33.4 Å². The number of amides is 1. The number of anilines is 1. The van der Waals surface area contributed by atoms with Crippen molar-refractivity contribution in [2.75, 3.05) is 37.7 Å². The van der Waals surface area contributed by atoms with E-state index in [0.717, 1.165) is 16.7 Å². The number of H-pyrrole nitrogens is 1. The van der Waals surface area contributed by atoms with Crippen LogP contribution < -0.4 is 15.1 Å². The summed E-state index contributed by atoms with van der Waals surface area (Å²) >= 11 is 0. The third-order valence-corrected chi connectivity index (χ3v) is 5.86. The Bertz CT molecular complexity index is 1340. The molecule has 2 heterocycles. The van der Waals surface area contributed by atoms with Crippen LogP contribution in [-0.4, -0.2) is 48.6 Å². The minimum atomic E-state index is -0.261. The summed E-state index contributed by atoms with van der Waals surface area (Å²) in [5, 5.41) is 1.15. The van der Waals surface area contributed by atoms with Gasteiger partial charge in [-0.3, -0.25) is 9.59 Å². The van der Waals surface area contributed by atoms with Gasteiger partial charge in [-0.05, 0) is 54.6 Å². The molecule has 1 aromatic heterocycles. The summed E-state index contributed by atoms with van der Waals surface area (Å²) in [5.41, 5.74) is 2.39. The zero-order chi connectivity index (χ0) is 22.1. The van der Waals surface area contributed by atoms with Crippen LogP contribution >= 0.6 is 0 Å². The normalized spacial score (nSPS) is 14.2. The van der Waals surface area contributed by atoms with E-state index in [1.807, 2.05) is 18.2 Å². The fourth-order valence-corrected chi connectivity index (χ4v) is 4.09. The van der Waals surface area contributed by atoms with Crippen LogP contribution in [0.5, 0.6) is 5.75 Å². The van der Waals surface area contributed by atoms with Gasteiger partial charge >= 0.3 is 0 Å². The van der Waals surface area contributed by atoms with E-state index in [1.54, 1.807) is 41.3 Å². The lowest BCUT2D eigenvalue weighted by Crippen LogP contribution is -2.50. The third kappa shape index (κ3) is 3.89. The summed E-state index contributed by atoms with van der Waals surface area (Å²) in [6, 6.07) is 19.0. The highest BCUT2D eigenvalue weighted by atomic mass is 19.1. The number of benzene rings is 3. The average molecular weight is 431 g/mol. The molecule has 1 N–H and O–H groups in total. The number of para-hydroxylation sites is 1. The zero-order valence-electron chi connectivity index (χ0n) is 17.4. The number of carbonyl (C=O) groups is 1. The summed E-state index contributed by atoms with van der Waals surface area (Å²) in [4.78, 5) is 32.6. The van der Waals surface area contributed by atoms with Gasteiger partial charge < -0.3 is 19.5 Å². The molecule has 0 unspecified atom stereocenters. The molecular weight excluding hydrogens is 409 g/mol. The Labute approximate surface area is 183 Å². The number of piperazine rings is 1. The lowest BCUT2D eigenvalue weighted by atomic mass is 10.1. The van der Waals surface area contributed by atoms with Gasteiger partial charge in [-0.1, -0.05) is 12.1 Å². The number of pyridine rings is 1. The Morgan fingerprint density at radius 1 is 0.906 bits per heavy atom. The Morgan fingerprint density at radius 2 is 1.62 bits per heavy atom. The number of fused-ring (bicyclic) bond motifs is 2. The van der Waals surface area contributed by atoms with E-state index >= 15 is 0 Å². The molecule has 1 aliphatic rings. The molecule has 0 atom stereocenters. The lowest BCUT2D eigenvalue weighted by molar-refractivity contribution is -0.133. The van der Waals surface area contributed by atoms with Crippen molar-refractivity contribution in [3.63, 3.8) is 0 Å². The van der Waals surface area contributed by atoms with Crippen LogP contribution in [-0.2, 0) is 4.79 Å². The van der Waals surface area contributed by atoms with Gasteiger partial charge in [0.25, 0.3) is 5.91 Å². The van der Waals surface area contributed by atoms with Gasteiger partial charge in [-0.25, -0.2) is 4.39 Å². The number of aromatic nitrogens is 1. The molecule has 0 saturated carbocycles. The molecular formula is C25H22FN3O3. The van der Waals surface area contributed by atoms with E-state index in [2.05, 4.69) is 9.88 Å². The minimum Gasteiger partial charge on any atom is -0.484 e. The highest BCUT2D eigenvalue weighted by molar-refractivity contribution is 5.93. The van der Waals surface area contributed by atoms with Gasteiger partial charge in [0.2, 0.25) is 0 Å². The number of hydrogen-bond donors (Lipinski definition) is 1. The van der Waals surface area contributed by atoms with Crippen molar-refractivity contribution in [2.24, 2.45) is 0 Å². The van der Waals surface area contributed by atoms with Crippen LogP contribution in [0.4, 0.5) is 10.1 Å². The quantitative estimate of drug-likeness (QED) is 0.502. The number of nitrogens with zero attached hydrogens (tertiary/aromatic N) is 2. The maximum atomic E-state index is 13.1. The first-order chi connectivity index (χ1) is 15.6. The van der Waals surface area contributed by atoms with Crippen molar-refractivity contribution in [2.45, 2.75) is 0 Å². The van der Waals surface area contributed by atoms with Crippen LogP contribution in [0.25, 0.3) is 21.8 Å². The molecule has 1 fully saturated rings. The fourth-order valence-electron chi connectivity index (χ4n) is 4.09. The van der Waals surface area contributed by atoms with Crippen molar-refractivity contribution in [1.82, 2.24) is 9.88 Å². The second kappa shape index (κ2) is 8.34.